The van der Waals surface area contributed by atoms with Gasteiger partial charge >= 0.3 is 12.4 Å². The molecule has 0 fully saturated rings. The van der Waals surface area contributed by atoms with E-state index in [0.717, 1.165) is 0 Å². The van der Waals surface area contributed by atoms with Crippen molar-refractivity contribution >= 4 is 5.78 Å². The highest BCUT2D eigenvalue weighted by atomic mass is 19.4. The Morgan fingerprint density at radius 2 is 1.08 bits per heavy atom. The topological polar surface area (TPSA) is 17.1 Å². The quantitative estimate of drug-likeness (QED) is 0.617. The molecule has 0 amide bonds. The van der Waals surface area contributed by atoms with Crippen LogP contribution in [0.1, 0.15) is 12.8 Å². The minimum absolute atomic E-state index is 1.87. The third kappa shape index (κ3) is 7.36. The molecule has 0 saturated carbocycles. The van der Waals surface area contributed by atoms with Crippen LogP contribution in [0, 0.1) is 0 Å². The normalized spacial score (nSPS) is 13.2. The first-order valence-corrected chi connectivity index (χ1v) is 2.75. The van der Waals surface area contributed by atoms with Crippen LogP contribution in [0.4, 0.5) is 26.3 Å². The number of halogens is 6. The lowest BCUT2D eigenvalue weighted by Gasteiger charge is -2.06. The summed E-state index contributed by atoms with van der Waals surface area (Å²) >= 11 is 0. The average molecular weight is 194 g/mol. The number of Topliss-reactive ketones (excluding diaryl/α,β-unsaturated/α-hetero) is 1. The maximum Gasteiger partial charge on any atom is 0.395 e. The van der Waals surface area contributed by atoms with Crippen LogP contribution in [0.25, 0.3) is 0 Å². The Hall–Kier alpha value is -0.750. The van der Waals surface area contributed by atoms with E-state index in [1.165, 1.54) is 0 Å². The molecule has 0 heterocycles. The largest absolute Gasteiger partial charge is 0.395 e. The summed E-state index contributed by atoms with van der Waals surface area (Å²) < 4.78 is 67.8. The Balaban J connectivity index is 3.92. The lowest BCUT2D eigenvalue weighted by Crippen LogP contribution is -2.21. The monoisotopic (exact) mass is 194 g/mol. The van der Waals surface area contributed by atoms with Crippen LogP contribution in [0.3, 0.4) is 0 Å². The molecule has 0 aliphatic carbocycles. The van der Waals surface area contributed by atoms with Crippen molar-refractivity contribution in [1.82, 2.24) is 0 Å². The molecule has 0 N–H and O–H groups in total. The van der Waals surface area contributed by atoms with Gasteiger partial charge in [-0.25, -0.2) is 0 Å². The zero-order valence-electron chi connectivity index (χ0n) is 5.59. The van der Waals surface area contributed by atoms with Crippen LogP contribution >= 0.6 is 0 Å². The van der Waals surface area contributed by atoms with Gasteiger partial charge in [-0.2, -0.15) is 26.3 Å². The van der Waals surface area contributed by atoms with Crippen molar-refractivity contribution in [2.24, 2.45) is 0 Å². The molecule has 0 unspecified atom stereocenters. The van der Waals surface area contributed by atoms with E-state index in [-0.39, 0.29) is 0 Å². The molecular weight excluding hydrogens is 190 g/mol. The highest BCUT2D eigenvalue weighted by molar-refractivity contribution is 5.79. The molecule has 0 aromatic rings. The predicted octanol–water partition coefficient (Wildman–Crippen LogP) is 2.46. The van der Waals surface area contributed by atoms with E-state index in [1.807, 2.05) is 0 Å². The van der Waals surface area contributed by atoms with Crippen molar-refractivity contribution < 1.29 is 31.1 Å². The number of alkyl halides is 6. The van der Waals surface area contributed by atoms with Crippen LogP contribution in [0.2, 0.25) is 0 Å². The summed E-state index contributed by atoms with van der Waals surface area (Å²) in [4.78, 5) is 10.0. The van der Waals surface area contributed by atoms with Crippen molar-refractivity contribution in [2.75, 3.05) is 0 Å². The van der Waals surface area contributed by atoms with E-state index in [4.69, 9.17) is 0 Å². The van der Waals surface area contributed by atoms with Gasteiger partial charge in [-0.1, -0.05) is 0 Å². The summed E-state index contributed by atoms with van der Waals surface area (Å²) in [6, 6.07) is 0. The lowest BCUT2D eigenvalue weighted by molar-refractivity contribution is -0.169. The lowest BCUT2D eigenvalue weighted by atomic mass is 10.2. The minimum atomic E-state index is -4.86. The van der Waals surface area contributed by atoms with Crippen LogP contribution < -0.4 is 0 Å². The SMILES string of the molecule is O=C(CC(F)(F)F)CC(F)(F)F. The van der Waals surface area contributed by atoms with Crippen molar-refractivity contribution in [3.8, 4) is 0 Å². The number of ketones is 1. The predicted molar refractivity (Wildman–Crippen MR) is 26.4 cm³/mol. The second-order valence-electron chi connectivity index (χ2n) is 2.12. The molecule has 12 heavy (non-hydrogen) atoms. The zero-order valence-corrected chi connectivity index (χ0v) is 5.59. The van der Waals surface area contributed by atoms with Gasteiger partial charge in [-0.3, -0.25) is 4.79 Å². The summed E-state index contributed by atoms with van der Waals surface area (Å²) in [6.45, 7) is 0. The number of hydrogen-bond donors (Lipinski definition) is 0. The highest BCUT2D eigenvalue weighted by Gasteiger charge is 2.37. The molecule has 1 nitrogen and oxygen atoms in total. The fourth-order valence-corrected chi connectivity index (χ4v) is 0.510. The maximum atomic E-state index is 11.3. The van der Waals surface area contributed by atoms with Gasteiger partial charge in [0.2, 0.25) is 0 Å². The van der Waals surface area contributed by atoms with Crippen molar-refractivity contribution in [3.05, 3.63) is 0 Å². The third-order valence-electron chi connectivity index (χ3n) is 0.795. The third-order valence-corrected chi connectivity index (χ3v) is 0.795. The Bertz CT molecular complexity index is 148. The molecule has 0 atom stereocenters. The number of carbonyl (C=O) groups is 1. The smallest absolute Gasteiger partial charge is 0.299 e. The Kier molecular flexibility index (Phi) is 3.11. The van der Waals surface area contributed by atoms with Crippen molar-refractivity contribution in [1.29, 1.82) is 0 Å². The van der Waals surface area contributed by atoms with Gasteiger partial charge < -0.3 is 0 Å². The van der Waals surface area contributed by atoms with E-state index in [9.17, 15) is 31.1 Å². The molecule has 72 valence electrons. The fraction of sp³-hybridized carbons (Fsp3) is 0.800. The van der Waals surface area contributed by atoms with Crippen LogP contribution in [-0.2, 0) is 4.79 Å². The van der Waals surface area contributed by atoms with E-state index in [2.05, 4.69) is 0 Å². The van der Waals surface area contributed by atoms with Gasteiger partial charge in [0.05, 0.1) is 0 Å². The molecular formula is C5H4F6O. The van der Waals surface area contributed by atoms with Crippen LogP contribution in [0.15, 0.2) is 0 Å². The van der Waals surface area contributed by atoms with E-state index < -0.39 is 31.0 Å². The first-order chi connectivity index (χ1) is 5.10. The summed E-state index contributed by atoms with van der Waals surface area (Å²) in [5.74, 6) is -1.87. The Morgan fingerprint density at radius 3 is 1.25 bits per heavy atom. The number of hydrogen-bond acceptors (Lipinski definition) is 1. The molecule has 0 aliphatic heterocycles. The molecule has 0 aliphatic rings. The first kappa shape index (κ1) is 11.2. The van der Waals surface area contributed by atoms with Crippen molar-refractivity contribution in [2.45, 2.75) is 25.2 Å². The number of rotatable bonds is 2. The van der Waals surface area contributed by atoms with E-state index in [1.54, 1.807) is 0 Å². The van der Waals surface area contributed by atoms with Gasteiger partial charge in [-0.05, 0) is 0 Å². The molecule has 0 spiro atoms. The zero-order chi connectivity index (χ0) is 9.99. The number of carbonyl (C=O) groups excluding carboxylic acids is 1. The fourth-order valence-electron chi connectivity index (χ4n) is 0.510. The van der Waals surface area contributed by atoms with Gasteiger partial charge in [-0.15, -0.1) is 0 Å². The van der Waals surface area contributed by atoms with E-state index in [0.29, 0.717) is 0 Å². The van der Waals surface area contributed by atoms with Crippen LogP contribution in [-0.4, -0.2) is 18.1 Å². The standard InChI is InChI=1S/C5H4F6O/c6-4(7,8)1-3(12)2-5(9,10)11/h1-2H2. The Morgan fingerprint density at radius 1 is 0.833 bits per heavy atom. The van der Waals surface area contributed by atoms with Gasteiger partial charge in [0.15, 0.2) is 5.78 Å². The van der Waals surface area contributed by atoms with Gasteiger partial charge in [0, 0.05) is 0 Å². The summed E-state index contributed by atoms with van der Waals surface area (Å²) in [7, 11) is 0. The molecule has 0 aromatic carbocycles. The highest BCUT2D eigenvalue weighted by Crippen LogP contribution is 2.25. The molecule has 0 aromatic heterocycles. The van der Waals surface area contributed by atoms with Crippen LogP contribution in [0.5, 0.6) is 0 Å². The second-order valence-corrected chi connectivity index (χ2v) is 2.12. The van der Waals surface area contributed by atoms with Crippen molar-refractivity contribution in [3.63, 3.8) is 0 Å². The summed E-state index contributed by atoms with van der Waals surface area (Å²) in [5, 5.41) is 0. The molecule has 0 bridgehead atoms. The van der Waals surface area contributed by atoms with E-state index >= 15 is 0 Å². The van der Waals surface area contributed by atoms with Gasteiger partial charge in [0.1, 0.15) is 12.8 Å². The summed E-state index contributed by atoms with van der Waals surface area (Å²) in [5.41, 5.74) is 0. The molecule has 0 radical (unpaired) electrons. The summed E-state index contributed by atoms with van der Waals surface area (Å²) in [6.07, 6.45) is -13.8. The maximum absolute atomic E-state index is 11.3. The minimum Gasteiger partial charge on any atom is -0.299 e. The first-order valence-electron chi connectivity index (χ1n) is 2.75. The average Bonchev–Trinajstić information content (AvgIpc) is 1.49. The van der Waals surface area contributed by atoms with Gasteiger partial charge in [0.25, 0.3) is 0 Å². The Labute approximate surface area is 63.4 Å². The molecule has 7 heteroatoms. The molecule has 0 rings (SSSR count). The second kappa shape index (κ2) is 3.32. The molecule has 0 saturated heterocycles.